The van der Waals surface area contributed by atoms with Crippen LogP contribution in [-0.2, 0) is 0 Å². The van der Waals surface area contributed by atoms with Gasteiger partial charge >= 0.3 is 0 Å². The number of phenols is 2. The summed E-state index contributed by atoms with van der Waals surface area (Å²) < 4.78 is 6.95. The largest absolute Gasteiger partial charge is 0.504 e. The number of benzene rings is 2. The van der Waals surface area contributed by atoms with Crippen LogP contribution in [0, 0.1) is 0 Å². The summed E-state index contributed by atoms with van der Waals surface area (Å²) in [4.78, 5) is 4.44. The van der Waals surface area contributed by atoms with Gasteiger partial charge in [-0.3, -0.25) is 0 Å². The highest BCUT2D eigenvalue weighted by Gasteiger charge is 2.26. The Morgan fingerprint density at radius 1 is 1.12 bits per heavy atom. The molecule has 3 N–H and O–H groups in total. The van der Waals surface area contributed by atoms with E-state index in [0.717, 1.165) is 15.7 Å². The number of fused-ring (bicyclic) bond motifs is 3. The molecule has 4 rings (SSSR count). The summed E-state index contributed by atoms with van der Waals surface area (Å²) in [6, 6.07) is 10.2. The number of hydrogen-bond acceptors (Lipinski definition) is 8. The fourth-order valence-corrected chi connectivity index (χ4v) is 3.27. The maximum absolute atomic E-state index is 9.83. The van der Waals surface area contributed by atoms with E-state index in [0.29, 0.717) is 22.3 Å². The molecule has 0 radical (unpaired) electrons. The number of aromatic hydroxyl groups is 2. The lowest BCUT2D eigenvalue weighted by Gasteiger charge is -2.19. The lowest BCUT2D eigenvalue weighted by atomic mass is 10.1. The molecule has 0 amide bonds. The maximum atomic E-state index is 9.83. The zero-order valence-electron chi connectivity index (χ0n) is 13.5. The first-order valence-corrected chi connectivity index (χ1v) is 9.60. The van der Waals surface area contributed by atoms with Gasteiger partial charge in [0.2, 0.25) is 11.0 Å². The predicted molar refractivity (Wildman–Crippen MR) is 102 cm³/mol. The van der Waals surface area contributed by atoms with Crippen molar-refractivity contribution in [3.05, 3.63) is 46.4 Å². The van der Waals surface area contributed by atoms with Gasteiger partial charge in [-0.05, 0) is 42.7 Å². The van der Waals surface area contributed by atoms with E-state index < -0.39 is 6.23 Å². The summed E-state index contributed by atoms with van der Waals surface area (Å²) in [7, 11) is 0. The molecule has 0 saturated heterocycles. The lowest BCUT2D eigenvalue weighted by molar-refractivity contribution is 0.224. The average molecular weight is 433 g/mol. The molecule has 1 aliphatic heterocycles. The van der Waals surface area contributed by atoms with Crippen molar-refractivity contribution in [2.75, 3.05) is 11.6 Å². The van der Waals surface area contributed by atoms with Gasteiger partial charge in [0.15, 0.2) is 23.4 Å². The highest BCUT2D eigenvalue weighted by Crippen LogP contribution is 2.41. The van der Waals surface area contributed by atoms with E-state index in [2.05, 4.69) is 36.4 Å². The smallest absolute Gasteiger partial charge is 0.247 e. The molecule has 7 nitrogen and oxygen atoms in total. The molecule has 26 heavy (non-hydrogen) atoms. The van der Waals surface area contributed by atoms with Crippen molar-refractivity contribution >= 4 is 33.4 Å². The molecule has 2 aromatic carbocycles. The third-order valence-corrected chi connectivity index (χ3v) is 4.90. The van der Waals surface area contributed by atoms with Crippen molar-refractivity contribution < 1.29 is 14.9 Å². The van der Waals surface area contributed by atoms with Gasteiger partial charge in [-0.15, -0.1) is 10.2 Å². The molecule has 0 fully saturated rings. The molecular weight excluding hydrogens is 420 g/mol. The monoisotopic (exact) mass is 432 g/mol. The zero-order valence-corrected chi connectivity index (χ0v) is 15.9. The van der Waals surface area contributed by atoms with E-state index in [1.165, 1.54) is 23.9 Å². The number of nitrogens with one attached hydrogen (secondary N) is 1. The first-order valence-electron chi connectivity index (χ1n) is 7.59. The molecule has 1 aliphatic rings. The van der Waals surface area contributed by atoms with Crippen molar-refractivity contribution in [3.8, 4) is 28.6 Å². The van der Waals surface area contributed by atoms with Crippen LogP contribution in [0.3, 0.4) is 0 Å². The Balaban J connectivity index is 1.87. The number of hydrogen-bond donors (Lipinski definition) is 3. The minimum absolute atomic E-state index is 0.194. The van der Waals surface area contributed by atoms with Gasteiger partial charge in [-0.1, -0.05) is 27.7 Å². The van der Waals surface area contributed by atoms with Gasteiger partial charge in [-0.2, -0.15) is 4.98 Å². The van der Waals surface area contributed by atoms with Crippen LogP contribution in [0.1, 0.15) is 11.8 Å². The summed E-state index contributed by atoms with van der Waals surface area (Å²) in [6.45, 7) is 0. The summed E-state index contributed by atoms with van der Waals surface area (Å²) in [6.07, 6.45) is 1.23. The molecule has 0 spiro atoms. The number of anilines is 1. The number of phenolic OH excluding ortho intramolecular Hbond substituents is 2. The molecule has 132 valence electrons. The summed E-state index contributed by atoms with van der Waals surface area (Å²) >= 11 is 4.84. The predicted octanol–water partition coefficient (Wildman–Crippen LogP) is 3.94. The number of rotatable bonds is 2. The number of aromatic nitrogens is 3. The highest BCUT2D eigenvalue weighted by molar-refractivity contribution is 9.10. The van der Waals surface area contributed by atoms with Crippen LogP contribution in [0.25, 0.3) is 11.3 Å². The Morgan fingerprint density at radius 3 is 2.73 bits per heavy atom. The second-order valence-corrected chi connectivity index (χ2v) is 7.22. The van der Waals surface area contributed by atoms with E-state index in [1.54, 1.807) is 6.07 Å². The van der Waals surface area contributed by atoms with Gasteiger partial charge < -0.3 is 20.3 Å². The van der Waals surface area contributed by atoms with Gasteiger partial charge in [0.05, 0.1) is 0 Å². The third-order valence-electron chi connectivity index (χ3n) is 3.87. The fraction of sp³-hybridized carbons (Fsp3) is 0.118. The van der Waals surface area contributed by atoms with Crippen LogP contribution >= 0.6 is 27.7 Å². The van der Waals surface area contributed by atoms with E-state index >= 15 is 0 Å². The Bertz CT molecular complexity index is 1000. The quantitative estimate of drug-likeness (QED) is 0.413. The van der Waals surface area contributed by atoms with Crippen LogP contribution in [0.4, 0.5) is 5.69 Å². The minimum Gasteiger partial charge on any atom is -0.504 e. The Labute approximate surface area is 161 Å². The van der Waals surface area contributed by atoms with Crippen molar-refractivity contribution in [3.63, 3.8) is 0 Å². The van der Waals surface area contributed by atoms with E-state index in [-0.39, 0.29) is 11.5 Å². The summed E-state index contributed by atoms with van der Waals surface area (Å²) in [5, 5.41) is 31.6. The first kappa shape index (κ1) is 16.9. The highest BCUT2D eigenvalue weighted by atomic mass is 79.9. The SMILES string of the molecule is CSc1nnc2c(n1)O[C@@H](c1ccc(O)c(O)c1)Nc1ccc(Br)cc1-2. The zero-order chi connectivity index (χ0) is 18.3. The lowest BCUT2D eigenvalue weighted by Crippen LogP contribution is -2.17. The van der Waals surface area contributed by atoms with Crippen molar-refractivity contribution in [1.82, 2.24) is 15.2 Å². The standard InChI is InChI=1S/C17H13BrN4O3S/c1-26-17-20-16-14(21-22-17)10-7-9(18)3-4-11(10)19-15(25-16)8-2-5-12(23)13(24)6-8/h2-7,15,19,23-24H,1H3/t15-/m0/s1. The Hall–Kier alpha value is -2.52. The van der Waals surface area contributed by atoms with Crippen LogP contribution < -0.4 is 10.1 Å². The molecule has 0 bridgehead atoms. The maximum Gasteiger partial charge on any atom is 0.247 e. The average Bonchev–Trinajstić information content (AvgIpc) is 2.80. The molecule has 0 saturated carbocycles. The molecule has 2 heterocycles. The van der Waals surface area contributed by atoms with Gasteiger partial charge in [0.1, 0.15) is 0 Å². The van der Waals surface area contributed by atoms with Crippen molar-refractivity contribution in [2.45, 2.75) is 11.4 Å². The molecule has 0 aliphatic carbocycles. The van der Waals surface area contributed by atoms with E-state index in [4.69, 9.17) is 4.74 Å². The Kier molecular flexibility index (Phi) is 4.33. The minimum atomic E-state index is -0.630. The number of nitrogens with zero attached hydrogens (tertiary/aromatic N) is 3. The van der Waals surface area contributed by atoms with Gasteiger partial charge in [0, 0.05) is 21.3 Å². The van der Waals surface area contributed by atoms with Crippen LogP contribution in [-0.4, -0.2) is 31.7 Å². The Morgan fingerprint density at radius 2 is 1.96 bits per heavy atom. The second-order valence-electron chi connectivity index (χ2n) is 5.53. The second kappa shape index (κ2) is 6.65. The molecule has 9 heteroatoms. The number of thioether (sulfide) groups is 1. The summed E-state index contributed by atoms with van der Waals surface area (Å²) in [5.74, 6) is -0.0777. The fourth-order valence-electron chi connectivity index (χ4n) is 2.61. The van der Waals surface area contributed by atoms with Gasteiger partial charge in [0.25, 0.3) is 0 Å². The molecule has 1 atom stereocenters. The topological polar surface area (TPSA) is 100 Å². The van der Waals surface area contributed by atoms with Crippen molar-refractivity contribution in [1.29, 1.82) is 0 Å². The number of halogens is 1. The molecule has 3 aromatic rings. The third kappa shape index (κ3) is 3.04. The summed E-state index contributed by atoms with van der Waals surface area (Å²) in [5.41, 5.74) is 2.74. The van der Waals surface area contributed by atoms with Crippen molar-refractivity contribution in [2.24, 2.45) is 0 Å². The first-order chi connectivity index (χ1) is 12.5. The van der Waals surface area contributed by atoms with Gasteiger partial charge in [-0.25, -0.2) is 0 Å². The van der Waals surface area contributed by atoms with E-state index in [1.807, 2.05) is 24.5 Å². The van der Waals surface area contributed by atoms with Crippen LogP contribution in [0.5, 0.6) is 17.4 Å². The normalized spacial score (nSPS) is 15.2. The molecule has 1 aromatic heterocycles. The van der Waals surface area contributed by atoms with Crippen LogP contribution in [0.15, 0.2) is 46.0 Å². The molecule has 0 unspecified atom stereocenters. The number of ether oxygens (including phenoxy) is 1. The molecular formula is C17H13BrN4O3S. The van der Waals surface area contributed by atoms with E-state index in [9.17, 15) is 10.2 Å². The van der Waals surface area contributed by atoms with Crippen LogP contribution in [0.2, 0.25) is 0 Å².